The molecule has 0 fully saturated rings. The Hall–Kier alpha value is -7.44. The van der Waals surface area contributed by atoms with Crippen LogP contribution < -0.4 is 0 Å². The van der Waals surface area contributed by atoms with Gasteiger partial charge in [0.15, 0.2) is 0 Å². The summed E-state index contributed by atoms with van der Waals surface area (Å²) in [7, 11) is 0. The van der Waals surface area contributed by atoms with Crippen LogP contribution >= 0.6 is 0 Å². The summed E-state index contributed by atoms with van der Waals surface area (Å²) in [6.07, 6.45) is 3.46. The van der Waals surface area contributed by atoms with Gasteiger partial charge in [-0.05, 0) is 126 Å². The molecule has 8 aromatic carbocycles. The molecular weight excluding hydrogens is 787 g/mol. The van der Waals surface area contributed by atoms with Gasteiger partial charge in [-0.25, -0.2) is 0 Å². The SMILES string of the molecule is FC(F)(F)c1ccc(/C(=C\c2ccc(/C=C\c3cc4ccccc4cc3/C=C\c3ccc(/C=C(/c4ccccc4)c4ccc(C(F)(F)F)cc4)cc3)cc2)c2ccccc2)cc1. The summed E-state index contributed by atoms with van der Waals surface area (Å²) in [6, 6.07) is 58.3. The van der Waals surface area contributed by atoms with Crippen molar-refractivity contribution in [3.8, 4) is 0 Å². The van der Waals surface area contributed by atoms with Gasteiger partial charge in [0.05, 0.1) is 11.1 Å². The molecular formula is C56H38F6. The van der Waals surface area contributed by atoms with E-state index >= 15 is 0 Å². The van der Waals surface area contributed by atoms with Crippen LogP contribution in [0.3, 0.4) is 0 Å². The standard InChI is InChI=1S/C56H38F6/c57-55(58,59)51-31-27-45(28-32-51)53(43-9-3-1-4-10-43)35-41-19-15-39(16-20-41)23-25-49-37-47-13-7-8-14-48(47)38-50(49)26-24-40-17-21-42(22-18-40)36-54(44-11-5-2-6-12-44)46-29-33-52(34-30-46)56(60,61)62/h1-38H/b25-23-,26-24-,53-35-,54-36-. The minimum atomic E-state index is -4.41. The number of benzene rings is 8. The average molecular weight is 825 g/mol. The van der Waals surface area contributed by atoms with E-state index < -0.39 is 23.5 Å². The lowest BCUT2D eigenvalue weighted by molar-refractivity contribution is -0.138. The van der Waals surface area contributed by atoms with Gasteiger partial charge in [-0.3, -0.25) is 0 Å². The molecule has 8 aromatic rings. The number of fused-ring (bicyclic) bond motifs is 1. The van der Waals surface area contributed by atoms with Crippen molar-refractivity contribution in [2.24, 2.45) is 0 Å². The first-order chi connectivity index (χ1) is 30.0. The highest BCUT2D eigenvalue weighted by Gasteiger charge is 2.31. The Bertz CT molecular complexity index is 2690. The molecule has 0 bridgehead atoms. The zero-order chi connectivity index (χ0) is 43.1. The fourth-order valence-corrected chi connectivity index (χ4v) is 7.26. The van der Waals surface area contributed by atoms with Crippen molar-refractivity contribution >= 4 is 58.4 Å². The number of hydrogen-bond donors (Lipinski definition) is 0. The zero-order valence-corrected chi connectivity index (χ0v) is 33.2. The zero-order valence-electron chi connectivity index (χ0n) is 33.2. The van der Waals surface area contributed by atoms with Crippen LogP contribution in [0.4, 0.5) is 26.3 Å². The average Bonchev–Trinajstić information content (AvgIpc) is 3.29. The van der Waals surface area contributed by atoms with E-state index in [0.717, 1.165) is 90.7 Å². The van der Waals surface area contributed by atoms with Gasteiger partial charge < -0.3 is 0 Å². The maximum Gasteiger partial charge on any atom is 0.416 e. The molecule has 304 valence electrons. The van der Waals surface area contributed by atoms with E-state index in [1.54, 1.807) is 0 Å². The summed E-state index contributed by atoms with van der Waals surface area (Å²) in [5.74, 6) is 0. The van der Waals surface area contributed by atoms with Crippen molar-refractivity contribution in [2.75, 3.05) is 0 Å². The molecule has 6 heteroatoms. The molecule has 0 amide bonds. The van der Waals surface area contributed by atoms with Crippen LogP contribution in [0.25, 0.3) is 58.4 Å². The van der Waals surface area contributed by atoms with Crippen LogP contribution in [0, 0.1) is 0 Å². The molecule has 0 atom stereocenters. The monoisotopic (exact) mass is 824 g/mol. The van der Waals surface area contributed by atoms with Crippen molar-refractivity contribution in [2.45, 2.75) is 12.4 Å². The molecule has 0 radical (unpaired) electrons. The molecule has 0 unspecified atom stereocenters. The van der Waals surface area contributed by atoms with E-state index in [9.17, 15) is 26.3 Å². The predicted octanol–water partition coefficient (Wildman–Crippen LogP) is 16.4. The van der Waals surface area contributed by atoms with Crippen LogP contribution in [0.2, 0.25) is 0 Å². The second-order valence-electron chi connectivity index (χ2n) is 14.8. The van der Waals surface area contributed by atoms with Gasteiger partial charge in [-0.15, -0.1) is 0 Å². The van der Waals surface area contributed by atoms with Gasteiger partial charge in [0.1, 0.15) is 0 Å². The molecule has 0 saturated heterocycles. The molecule has 0 aliphatic rings. The second kappa shape index (κ2) is 18.0. The fraction of sp³-hybridized carbons (Fsp3) is 0.0357. The topological polar surface area (TPSA) is 0 Å². The Morgan fingerprint density at radius 2 is 0.613 bits per heavy atom. The number of halogens is 6. The van der Waals surface area contributed by atoms with Crippen molar-refractivity contribution < 1.29 is 26.3 Å². The maximum absolute atomic E-state index is 13.3. The van der Waals surface area contributed by atoms with Crippen LogP contribution in [0.5, 0.6) is 0 Å². The summed E-state index contributed by atoms with van der Waals surface area (Å²) < 4.78 is 79.9. The number of hydrogen-bond acceptors (Lipinski definition) is 0. The fourth-order valence-electron chi connectivity index (χ4n) is 7.26. The molecule has 62 heavy (non-hydrogen) atoms. The van der Waals surface area contributed by atoms with Gasteiger partial charge >= 0.3 is 12.4 Å². The van der Waals surface area contributed by atoms with Crippen molar-refractivity contribution in [1.29, 1.82) is 0 Å². The van der Waals surface area contributed by atoms with Gasteiger partial charge in [-0.2, -0.15) is 26.3 Å². The van der Waals surface area contributed by atoms with Crippen molar-refractivity contribution in [1.82, 2.24) is 0 Å². The van der Waals surface area contributed by atoms with E-state index in [1.807, 2.05) is 133 Å². The number of rotatable bonds is 10. The molecule has 0 spiro atoms. The largest absolute Gasteiger partial charge is 0.416 e. The van der Waals surface area contributed by atoms with E-state index in [0.29, 0.717) is 11.1 Å². The Balaban J connectivity index is 1.04. The van der Waals surface area contributed by atoms with E-state index in [-0.39, 0.29) is 0 Å². The van der Waals surface area contributed by atoms with Crippen LogP contribution in [0.1, 0.15) is 66.8 Å². The summed E-state index contributed by atoms with van der Waals surface area (Å²) in [6.45, 7) is 0. The summed E-state index contributed by atoms with van der Waals surface area (Å²) >= 11 is 0. The molecule has 0 aromatic heterocycles. The van der Waals surface area contributed by atoms with Crippen LogP contribution in [0.15, 0.2) is 194 Å². The lowest BCUT2D eigenvalue weighted by Gasteiger charge is -2.12. The second-order valence-corrected chi connectivity index (χ2v) is 14.8. The first kappa shape index (κ1) is 41.3. The third-order valence-electron chi connectivity index (χ3n) is 10.6. The molecule has 8 rings (SSSR count). The molecule has 0 nitrogen and oxygen atoms in total. The van der Waals surface area contributed by atoms with Gasteiger partial charge in [-0.1, -0.05) is 182 Å². The molecule has 0 heterocycles. The predicted molar refractivity (Wildman–Crippen MR) is 244 cm³/mol. The smallest absolute Gasteiger partial charge is 0.166 e. The highest BCUT2D eigenvalue weighted by atomic mass is 19.4. The first-order valence-corrected chi connectivity index (χ1v) is 19.9. The minimum absolute atomic E-state index is 0.686. The lowest BCUT2D eigenvalue weighted by atomic mass is 9.94. The van der Waals surface area contributed by atoms with Crippen LogP contribution in [-0.4, -0.2) is 0 Å². The highest BCUT2D eigenvalue weighted by Crippen LogP contribution is 2.34. The van der Waals surface area contributed by atoms with Crippen molar-refractivity contribution in [3.63, 3.8) is 0 Å². The molecule has 0 N–H and O–H groups in total. The van der Waals surface area contributed by atoms with Crippen LogP contribution in [-0.2, 0) is 12.4 Å². The van der Waals surface area contributed by atoms with Gasteiger partial charge in [0, 0.05) is 0 Å². The third kappa shape index (κ3) is 10.1. The highest BCUT2D eigenvalue weighted by molar-refractivity contribution is 5.94. The third-order valence-corrected chi connectivity index (χ3v) is 10.6. The van der Waals surface area contributed by atoms with E-state index in [2.05, 4.69) is 48.6 Å². The summed E-state index contributed by atoms with van der Waals surface area (Å²) in [5.41, 5.74) is 9.27. The molecule has 0 saturated carbocycles. The van der Waals surface area contributed by atoms with Crippen molar-refractivity contribution in [3.05, 3.63) is 261 Å². The Morgan fingerprint density at radius 3 is 0.952 bits per heavy atom. The van der Waals surface area contributed by atoms with Gasteiger partial charge in [0.2, 0.25) is 0 Å². The summed E-state index contributed by atoms with van der Waals surface area (Å²) in [5, 5.41) is 2.22. The minimum Gasteiger partial charge on any atom is -0.166 e. The van der Waals surface area contributed by atoms with E-state index in [1.165, 1.54) is 24.3 Å². The quantitative estimate of drug-likeness (QED) is 0.0952. The summed E-state index contributed by atoms with van der Waals surface area (Å²) in [4.78, 5) is 0. The Kier molecular flexibility index (Phi) is 12.0. The lowest BCUT2D eigenvalue weighted by Crippen LogP contribution is -2.04. The first-order valence-electron chi connectivity index (χ1n) is 19.9. The number of alkyl halides is 6. The van der Waals surface area contributed by atoms with Gasteiger partial charge in [0.25, 0.3) is 0 Å². The Labute approximate surface area is 356 Å². The molecule has 0 aliphatic heterocycles. The normalized spacial score (nSPS) is 12.7. The molecule has 0 aliphatic carbocycles. The van der Waals surface area contributed by atoms with E-state index in [4.69, 9.17) is 0 Å². The maximum atomic E-state index is 13.3. The Morgan fingerprint density at radius 1 is 0.306 bits per heavy atom.